The average molecular weight is 571 g/mol. The van der Waals surface area contributed by atoms with Gasteiger partial charge >= 0.3 is 6.09 Å². The highest BCUT2D eigenvalue weighted by atomic mass is 16.6. The van der Waals surface area contributed by atoms with E-state index in [0.717, 1.165) is 67.1 Å². The van der Waals surface area contributed by atoms with Gasteiger partial charge < -0.3 is 15.4 Å². The van der Waals surface area contributed by atoms with E-state index in [9.17, 15) is 9.59 Å². The van der Waals surface area contributed by atoms with E-state index in [1.165, 1.54) is 51.4 Å². The Hall–Kier alpha value is -1.52. The topological polar surface area (TPSA) is 67.4 Å². The fourth-order valence-corrected chi connectivity index (χ4v) is 10.3. The first-order valence-corrected chi connectivity index (χ1v) is 17.4. The zero-order chi connectivity index (χ0) is 29.8. The third kappa shape index (κ3) is 7.01. The zero-order valence-electron chi connectivity index (χ0n) is 27.5. The fourth-order valence-electron chi connectivity index (χ4n) is 10.3. The summed E-state index contributed by atoms with van der Waals surface area (Å²) in [7, 11) is 0. The van der Waals surface area contributed by atoms with Gasteiger partial charge in [0.1, 0.15) is 6.10 Å². The number of hydrogen-bond donors (Lipinski definition) is 2. The Morgan fingerprint density at radius 2 is 1.73 bits per heavy atom. The molecule has 0 unspecified atom stereocenters. The van der Waals surface area contributed by atoms with E-state index in [-0.39, 0.29) is 23.5 Å². The average Bonchev–Trinajstić information content (AvgIpc) is 3.29. The predicted octanol–water partition coefficient (Wildman–Crippen LogP) is 8.68. The van der Waals surface area contributed by atoms with Crippen molar-refractivity contribution in [3.8, 4) is 0 Å². The van der Waals surface area contributed by atoms with E-state index in [1.807, 2.05) is 6.92 Å². The third-order valence-corrected chi connectivity index (χ3v) is 12.7. The lowest BCUT2D eigenvalue weighted by molar-refractivity contribution is -0.121. The summed E-state index contributed by atoms with van der Waals surface area (Å²) in [6.07, 6.45) is 17.5. The van der Waals surface area contributed by atoms with Gasteiger partial charge in [0, 0.05) is 25.9 Å². The second-order valence-corrected chi connectivity index (χ2v) is 15.3. The molecule has 9 atom stereocenters. The number of allylic oxidation sites excluding steroid dienone is 1. The minimum Gasteiger partial charge on any atom is -0.446 e. The molecule has 0 aliphatic heterocycles. The standard InChI is InChI=1S/C36H62N2O3/c1-8-10-33(39)37-21-22-38-34(40)41-28-17-19-35(6)27(23-28)13-14-29-31-16-15-30(36(31,7)20-18-32(29)35)25(5)11-12-26(9-2)24(3)4/h13,24-26,28-32H,8-12,14-23H2,1-7H3,(H,37,39)(H,38,40)/t25-,26-,28+,29+,30-,31+,32+,35+,36-/m1/s1. The molecule has 0 saturated heterocycles. The maximum atomic E-state index is 12.5. The maximum Gasteiger partial charge on any atom is 0.407 e. The van der Waals surface area contributed by atoms with Crippen LogP contribution in [0.15, 0.2) is 11.6 Å². The molecule has 4 aliphatic carbocycles. The summed E-state index contributed by atoms with van der Waals surface area (Å²) in [5.74, 6) is 5.91. The lowest BCUT2D eigenvalue weighted by atomic mass is 9.47. The first-order chi connectivity index (χ1) is 19.5. The van der Waals surface area contributed by atoms with Crippen molar-refractivity contribution in [2.75, 3.05) is 13.1 Å². The Bertz CT molecular complexity index is 930. The van der Waals surface area contributed by atoms with Crippen LogP contribution in [0.4, 0.5) is 4.79 Å². The first kappa shape index (κ1) is 32.4. The van der Waals surface area contributed by atoms with Crippen LogP contribution in [-0.2, 0) is 9.53 Å². The molecule has 0 bridgehead atoms. The molecule has 3 saturated carbocycles. The molecule has 2 amide bonds. The number of nitrogens with one attached hydrogen (secondary N) is 2. The van der Waals surface area contributed by atoms with E-state index in [0.29, 0.717) is 24.9 Å². The highest BCUT2D eigenvalue weighted by molar-refractivity contribution is 5.75. The summed E-state index contributed by atoms with van der Waals surface area (Å²) < 4.78 is 5.86. The largest absolute Gasteiger partial charge is 0.446 e. The van der Waals surface area contributed by atoms with Gasteiger partial charge in [-0.05, 0) is 110 Å². The van der Waals surface area contributed by atoms with Crippen molar-refractivity contribution in [3.63, 3.8) is 0 Å². The van der Waals surface area contributed by atoms with Crippen molar-refractivity contribution < 1.29 is 14.3 Å². The Labute approximate surface area is 251 Å². The molecule has 41 heavy (non-hydrogen) atoms. The van der Waals surface area contributed by atoms with Crippen LogP contribution in [0.3, 0.4) is 0 Å². The highest BCUT2D eigenvalue weighted by Crippen LogP contribution is 2.67. The monoisotopic (exact) mass is 570 g/mol. The molecular weight excluding hydrogens is 508 g/mol. The molecule has 0 aromatic heterocycles. The second-order valence-electron chi connectivity index (χ2n) is 15.3. The smallest absolute Gasteiger partial charge is 0.407 e. The lowest BCUT2D eigenvalue weighted by Gasteiger charge is -2.58. The quantitative estimate of drug-likeness (QED) is 0.182. The van der Waals surface area contributed by atoms with Gasteiger partial charge in [0.2, 0.25) is 5.91 Å². The van der Waals surface area contributed by atoms with Gasteiger partial charge in [0.25, 0.3) is 0 Å². The Kier molecular flexibility index (Phi) is 10.9. The summed E-state index contributed by atoms with van der Waals surface area (Å²) >= 11 is 0. The minimum atomic E-state index is -0.351. The van der Waals surface area contributed by atoms with Crippen molar-refractivity contribution in [2.45, 2.75) is 138 Å². The summed E-state index contributed by atoms with van der Waals surface area (Å²) in [4.78, 5) is 24.1. The fraction of sp³-hybridized carbons (Fsp3) is 0.889. The van der Waals surface area contributed by atoms with Crippen LogP contribution in [0.25, 0.3) is 0 Å². The Morgan fingerprint density at radius 3 is 2.44 bits per heavy atom. The molecule has 0 heterocycles. The number of carbonyl (C=O) groups excluding carboxylic acids is 2. The van der Waals surface area contributed by atoms with Gasteiger partial charge in [-0.25, -0.2) is 4.79 Å². The molecule has 0 aromatic carbocycles. The lowest BCUT2D eigenvalue weighted by Crippen LogP contribution is -2.51. The molecule has 2 N–H and O–H groups in total. The van der Waals surface area contributed by atoms with Gasteiger partial charge in [-0.2, -0.15) is 0 Å². The van der Waals surface area contributed by atoms with E-state index >= 15 is 0 Å². The van der Waals surface area contributed by atoms with Gasteiger partial charge in [-0.15, -0.1) is 0 Å². The molecule has 4 aliphatic rings. The van der Waals surface area contributed by atoms with Crippen LogP contribution in [-0.4, -0.2) is 31.2 Å². The summed E-state index contributed by atoms with van der Waals surface area (Å²) in [6, 6.07) is 0. The molecule has 5 heteroatoms. The van der Waals surface area contributed by atoms with Gasteiger partial charge in [-0.3, -0.25) is 4.79 Å². The number of amides is 2. The summed E-state index contributed by atoms with van der Waals surface area (Å²) in [5, 5.41) is 5.66. The van der Waals surface area contributed by atoms with Crippen molar-refractivity contribution in [2.24, 2.45) is 52.3 Å². The number of fused-ring (bicyclic) bond motifs is 5. The first-order valence-electron chi connectivity index (χ1n) is 17.4. The molecule has 0 radical (unpaired) electrons. The van der Waals surface area contributed by atoms with Crippen molar-refractivity contribution in [1.82, 2.24) is 10.6 Å². The molecule has 234 valence electrons. The molecule has 4 rings (SSSR count). The van der Waals surface area contributed by atoms with Crippen molar-refractivity contribution in [1.29, 1.82) is 0 Å². The molecule has 5 nitrogen and oxygen atoms in total. The van der Waals surface area contributed by atoms with Crippen LogP contribution >= 0.6 is 0 Å². The predicted molar refractivity (Wildman–Crippen MR) is 168 cm³/mol. The number of rotatable bonds is 12. The van der Waals surface area contributed by atoms with Crippen LogP contribution in [0.1, 0.15) is 132 Å². The van der Waals surface area contributed by atoms with Crippen LogP contribution in [0, 0.1) is 52.3 Å². The molecule has 3 fully saturated rings. The highest BCUT2D eigenvalue weighted by Gasteiger charge is 2.59. The van der Waals surface area contributed by atoms with E-state index in [1.54, 1.807) is 5.57 Å². The van der Waals surface area contributed by atoms with Crippen LogP contribution in [0.5, 0.6) is 0 Å². The number of alkyl carbamates (subject to hydrolysis) is 1. The number of ether oxygens (including phenoxy) is 1. The van der Waals surface area contributed by atoms with E-state index < -0.39 is 0 Å². The van der Waals surface area contributed by atoms with E-state index in [2.05, 4.69) is 58.3 Å². The Balaban J connectivity index is 1.32. The van der Waals surface area contributed by atoms with Gasteiger partial charge in [0.05, 0.1) is 0 Å². The number of hydrogen-bond acceptors (Lipinski definition) is 3. The van der Waals surface area contributed by atoms with Crippen LogP contribution in [0.2, 0.25) is 0 Å². The van der Waals surface area contributed by atoms with Crippen LogP contribution < -0.4 is 10.6 Å². The summed E-state index contributed by atoms with van der Waals surface area (Å²) in [6.45, 7) is 17.8. The zero-order valence-corrected chi connectivity index (χ0v) is 27.5. The minimum absolute atomic E-state index is 0.0363. The molecule has 0 aromatic rings. The third-order valence-electron chi connectivity index (χ3n) is 12.7. The van der Waals surface area contributed by atoms with Gasteiger partial charge in [0.15, 0.2) is 0 Å². The molecular formula is C36H62N2O3. The van der Waals surface area contributed by atoms with Gasteiger partial charge in [-0.1, -0.05) is 73.0 Å². The maximum absolute atomic E-state index is 12.5. The number of carbonyl (C=O) groups is 2. The second kappa shape index (κ2) is 13.8. The van der Waals surface area contributed by atoms with E-state index in [4.69, 9.17) is 4.74 Å². The Morgan fingerprint density at radius 1 is 0.976 bits per heavy atom. The van der Waals surface area contributed by atoms with Crippen molar-refractivity contribution in [3.05, 3.63) is 11.6 Å². The molecule has 0 spiro atoms. The normalized spacial score (nSPS) is 35.9. The summed E-state index contributed by atoms with van der Waals surface area (Å²) in [5.41, 5.74) is 2.33. The SMILES string of the molecule is CCCC(=O)NCCNC(=O)O[C@H]1CC[C@@]2(C)C(=CC[C@H]3[C@@H]4CC[C@H]([C@H](C)CC[C@@H](CC)C(C)C)[C@@]4(C)CC[C@@H]32)C1. The van der Waals surface area contributed by atoms with Crippen molar-refractivity contribution >= 4 is 12.0 Å².